The van der Waals surface area contributed by atoms with Gasteiger partial charge >= 0.3 is 5.97 Å². The SMILES string of the molecule is COc1ccc(C#N)cc1C(C)Nc1ncc(C(=O)NCC2(CC(=O)O)COC2)cc1Cl. The molecule has 1 fully saturated rings. The number of halogens is 1. The van der Waals surface area contributed by atoms with Gasteiger partial charge in [-0.15, -0.1) is 0 Å². The molecule has 9 nitrogen and oxygen atoms in total. The Bertz CT molecular complexity index is 1060. The highest BCUT2D eigenvalue weighted by Gasteiger charge is 2.41. The molecule has 0 aliphatic carbocycles. The van der Waals surface area contributed by atoms with Gasteiger partial charge in [-0.1, -0.05) is 11.6 Å². The quantitative estimate of drug-likeness (QED) is 0.522. The van der Waals surface area contributed by atoms with E-state index in [1.165, 1.54) is 12.3 Å². The zero-order valence-corrected chi connectivity index (χ0v) is 18.4. The van der Waals surface area contributed by atoms with Crippen molar-refractivity contribution in [2.24, 2.45) is 5.41 Å². The number of aliphatic carboxylic acids is 1. The number of carbonyl (C=O) groups excluding carboxylic acids is 1. The minimum Gasteiger partial charge on any atom is -0.496 e. The second kappa shape index (κ2) is 9.85. The van der Waals surface area contributed by atoms with Crippen LogP contribution in [0.15, 0.2) is 30.5 Å². The lowest BCUT2D eigenvalue weighted by atomic mass is 9.82. The van der Waals surface area contributed by atoms with Crippen LogP contribution in [0.5, 0.6) is 5.75 Å². The largest absolute Gasteiger partial charge is 0.496 e. The van der Waals surface area contributed by atoms with E-state index in [0.29, 0.717) is 17.1 Å². The second-order valence-corrected chi connectivity index (χ2v) is 8.14. The topological polar surface area (TPSA) is 134 Å². The van der Waals surface area contributed by atoms with Gasteiger partial charge in [0.2, 0.25) is 0 Å². The number of hydrogen-bond acceptors (Lipinski definition) is 7. The van der Waals surface area contributed by atoms with Crippen LogP contribution in [0.2, 0.25) is 5.02 Å². The number of anilines is 1. The molecule has 3 rings (SSSR count). The highest BCUT2D eigenvalue weighted by molar-refractivity contribution is 6.33. The molecule has 1 aliphatic rings. The zero-order valence-electron chi connectivity index (χ0n) is 17.6. The molecular formula is C22H23ClN4O5. The number of nitriles is 1. The molecule has 1 aliphatic heterocycles. The van der Waals surface area contributed by atoms with Gasteiger partial charge in [-0.3, -0.25) is 9.59 Å². The summed E-state index contributed by atoms with van der Waals surface area (Å²) in [6.45, 7) is 2.63. The van der Waals surface area contributed by atoms with Crippen LogP contribution >= 0.6 is 11.6 Å². The van der Waals surface area contributed by atoms with Crippen LogP contribution < -0.4 is 15.4 Å². The van der Waals surface area contributed by atoms with E-state index in [4.69, 9.17) is 31.4 Å². The third-order valence-corrected chi connectivity index (χ3v) is 5.54. The Kier molecular flexibility index (Phi) is 7.18. The van der Waals surface area contributed by atoms with Crippen molar-refractivity contribution in [2.45, 2.75) is 19.4 Å². The average molecular weight is 459 g/mol. The maximum absolute atomic E-state index is 12.5. The molecule has 0 spiro atoms. The van der Waals surface area contributed by atoms with E-state index in [2.05, 4.69) is 21.7 Å². The number of ether oxygens (including phenoxy) is 2. The Hall–Kier alpha value is -3.35. The predicted molar refractivity (Wildman–Crippen MR) is 117 cm³/mol. The highest BCUT2D eigenvalue weighted by Crippen LogP contribution is 2.32. The molecule has 10 heteroatoms. The molecule has 2 aromatic rings. The average Bonchev–Trinajstić information content (AvgIpc) is 2.75. The molecule has 1 aromatic carbocycles. The summed E-state index contributed by atoms with van der Waals surface area (Å²) in [6, 6.07) is 8.43. The van der Waals surface area contributed by atoms with Gasteiger partial charge in [-0.2, -0.15) is 5.26 Å². The minimum absolute atomic E-state index is 0.0799. The summed E-state index contributed by atoms with van der Waals surface area (Å²) >= 11 is 6.35. The third kappa shape index (κ3) is 5.28. The Morgan fingerprint density at radius 2 is 2.16 bits per heavy atom. The third-order valence-electron chi connectivity index (χ3n) is 5.25. The lowest BCUT2D eigenvalue weighted by Gasteiger charge is -2.40. The van der Waals surface area contributed by atoms with Gasteiger partial charge in [-0.05, 0) is 31.2 Å². The van der Waals surface area contributed by atoms with Gasteiger partial charge < -0.3 is 25.2 Å². The van der Waals surface area contributed by atoms with Crippen molar-refractivity contribution in [1.82, 2.24) is 10.3 Å². The molecule has 0 saturated carbocycles. The van der Waals surface area contributed by atoms with E-state index < -0.39 is 17.3 Å². The number of hydrogen-bond donors (Lipinski definition) is 3. The molecule has 168 valence electrons. The number of carbonyl (C=O) groups is 2. The molecule has 1 atom stereocenters. The monoisotopic (exact) mass is 458 g/mol. The number of methoxy groups -OCH3 is 1. The smallest absolute Gasteiger partial charge is 0.304 e. The van der Waals surface area contributed by atoms with E-state index in [1.807, 2.05) is 6.92 Å². The van der Waals surface area contributed by atoms with E-state index in [9.17, 15) is 9.59 Å². The first-order valence-corrected chi connectivity index (χ1v) is 10.2. The fourth-order valence-electron chi connectivity index (χ4n) is 3.44. The van der Waals surface area contributed by atoms with Crippen LogP contribution in [-0.4, -0.2) is 48.8 Å². The maximum Gasteiger partial charge on any atom is 0.304 e. The van der Waals surface area contributed by atoms with E-state index in [0.717, 1.165) is 5.56 Å². The van der Waals surface area contributed by atoms with E-state index in [-0.39, 0.29) is 42.8 Å². The Morgan fingerprint density at radius 3 is 2.72 bits per heavy atom. The van der Waals surface area contributed by atoms with Crippen molar-refractivity contribution >= 4 is 29.3 Å². The number of amides is 1. The molecule has 1 unspecified atom stereocenters. The fraction of sp³-hybridized carbons (Fsp3) is 0.364. The maximum atomic E-state index is 12.5. The molecule has 3 N–H and O–H groups in total. The Balaban J connectivity index is 1.68. The van der Waals surface area contributed by atoms with Crippen molar-refractivity contribution < 1.29 is 24.2 Å². The minimum atomic E-state index is -0.936. The van der Waals surface area contributed by atoms with Crippen molar-refractivity contribution in [1.29, 1.82) is 5.26 Å². The summed E-state index contributed by atoms with van der Waals surface area (Å²) in [6.07, 6.45) is 1.31. The van der Waals surface area contributed by atoms with Crippen molar-refractivity contribution in [2.75, 3.05) is 32.2 Å². The lowest BCUT2D eigenvalue weighted by molar-refractivity contribution is -0.155. The highest BCUT2D eigenvalue weighted by atomic mass is 35.5. The number of aromatic nitrogens is 1. The van der Waals surface area contributed by atoms with Crippen LogP contribution in [0.1, 0.15) is 40.9 Å². The van der Waals surface area contributed by atoms with Crippen molar-refractivity contribution in [3.05, 3.63) is 52.2 Å². The van der Waals surface area contributed by atoms with Gasteiger partial charge in [-0.25, -0.2) is 4.98 Å². The number of nitrogens with one attached hydrogen (secondary N) is 2. The summed E-state index contributed by atoms with van der Waals surface area (Å²) in [5, 5.41) is 24.4. The van der Waals surface area contributed by atoms with Gasteiger partial charge in [0.05, 0.1) is 55.0 Å². The summed E-state index contributed by atoms with van der Waals surface area (Å²) in [7, 11) is 1.55. The molecule has 1 aromatic heterocycles. The standard InChI is InChI=1S/C22H23ClN4O5/c1-13(16-5-14(8-24)3-4-18(16)31-2)27-20-17(23)6-15(9-25-20)21(30)26-10-22(7-19(28)29)11-32-12-22/h3-6,9,13H,7,10-12H2,1-2H3,(H,25,27)(H,26,30)(H,28,29). The molecule has 0 bridgehead atoms. The van der Waals surface area contributed by atoms with Crippen LogP contribution in [0.3, 0.4) is 0 Å². The molecule has 1 amide bonds. The number of benzene rings is 1. The molecular weight excluding hydrogens is 436 g/mol. The van der Waals surface area contributed by atoms with Gasteiger partial charge in [0.1, 0.15) is 11.6 Å². The fourth-order valence-corrected chi connectivity index (χ4v) is 3.66. The Labute approximate surface area is 190 Å². The summed E-state index contributed by atoms with van der Waals surface area (Å²) in [5.41, 5.74) is 0.922. The number of pyridine rings is 1. The first-order chi connectivity index (χ1) is 15.3. The predicted octanol–water partition coefficient (Wildman–Crippen LogP) is 3.01. The van der Waals surface area contributed by atoms with Gasteiger partial charge in [0.15, 0.2) is 0 Å². The normalized spacial score (nSPS) is 15.1. The number of nitrogens with zero attached hydrogens (tertiary/aromatic N) is 2. The van der Waals surface area contributed by atoms with E-state index in [1.54, 1.807) is 25.3 Å². The summed E-state index contributed by atoms with van der Waals surface area (Å²) in [4.78, 5) is 27.8. The van der Waals surface area contributed by atoms with E-state index >= 15 is 0 Å². The Morgan fingerprint density at radius 1 is 1.41 bits per heavy atom. The molecule has 0 radical (unpaired) electrons. The number of rotatable bonds is 9. The first kappa shape index (κ1) is 23.3. The van der Waals surface area contributed by atoms with Crippen LogP contribution in [0, 0.1) is 16.7 Å². The van der Waals surface area contributed by atoms with Crippen LogP contribution in [-0.2, 0) is 9.53 Å². The molecule has 32 heavy (non-hydrogen) atoms. The van der Waals surface area contributed by atoms with Crippen LogP contribution in [0.4, 0.5) is 5.82 Å². The zero-order chi connectivity index (χ0) is 23.3. The molecule has 2 heterocycles. The summed E-state index contributed by atoms with van der Waals surface area (Å²) < 4.78 is 10.5. The van der Waals surface area contributed by atoms with Gasteiger partial charge in [0, 0.05) is 23.7 Å². The van der Waals surface area contributed by atoms with Crippen LogP contribution in [0.25, 0.3) is 0 Å². The van der Waals surface area contributed by atoms with Crippen molar-refractivity contribution in [3.8, 4) is 11.8 Å². The summed E-state index contributed by atoms with van der Waals surface area (Å²) in [5.74, 6) is -0.353. The lowest BCUT2D eigenvalue weighted by Crippen LogP contribution is -2.52. The number of carboxylic acid groups (broad SMARTS) is 1. The first-order valence-electron chi connectivity index (χ1n) is 9.85. The van der Waals surface area contributed by atoms with Crippen molar-refractivity contribution in [3.63, 3.8) is 0 Å². The van der Waals surface area contributed by atoms with Gasteiger partial charge in [0.25, 0.3) is 5.91 Å². The molecule has 1 saturated heterocycles. The number of carboxylic acids is 1. The second-order valence-electron chi connectivity index (χ2n) is 7.73.